The van der Waals surface area contributed by atoms with Crippen molar-refractivity contribution >= 4 is 27.6 Å². The molecule has 0 amide bonds. The van der Waals surface area contributed by atoms with Gasteiger partial charge in [0.15, 0.2) is 0 Å². The highest BCUT2D eigenvalue weighted by atomic mass is 32.1. The van der Waals surface area contributed by atoms with E-state index >= 15 is 0 Å². The average Bonchev–Trinajstić information content (AvgIpc) is 2.58. The summed E-state index contributed by atoms with van der Waals surface area (Å²) in [6, 6.07) is 4.38. The summed E-state index contributed by atoms with van der Waals surface area (Å²) < 4.78 is 3.58. The van der Waals surface area contributed by atoms with E-state index in [0.717, 1.165) is 0 Å². The maximum Gasteiger partial charge on any atom is 0.0591 e. The summed E-state index contributed by atoms with van der Waals surface area (Å²) in [6.07, 6.45) is 4.20. The lowest BCUT2D eigenvalue weighted by Crippen LogP contribution is -1.88. The molecule has 0 aromatic carbocycles. The lowest BCUT2D eigenvalue weighted by Gasteiger charge is -1.95. The monoisotopic (exact) mass is 177 g/mol. The fourth-order valence-corrected chi connectivity index (χ4v) is 2.26. The zero-order valence-corrected chi connectivity index (χ0v) is 8.06. The van der Waals surface area contributed by atoms with Crippen molar-refractivity contribution in [1.29, 1.82) is 0 Å². The van der Waals surface area contributed by atoms with Crippen LogP contribution in [-0.2, 0) is 7.05 Å². The normalized spacial score (nSPS) is 11.8. The molecule has 62 valence electrons. The van der Waals surface area contributed by atoms with Crippen molar-refractivity contribution in [3.05, 3.63) is 29.3 Å². The number of thiophene rings is 1. The van der Waals surface area contributed by atoms with Gasteiger partial charge in [0.1, 0.15) is 0 Å². The van der Waals surface area contributed by atoms with E-state index in [1.807, 2.05) is 6.92 Å². The number of rotatable bonds is 1. The van der Waals surface area contributed by atoms with Gasteiger partial charge in [-0.15, -0.1) is 11.3 Å². The van der Waals surface area contributed by atoms with Crippen LogP contribution in [0.4, 0.5) is 0 Å². The van der Waals surface area contributed by atoms with E-state index in [9.17, 15) is 0 Å². The quantitative estimate of drug-likeness (QED) is 0.630. The van der Waals surface area contributed by atoms with Crippen LogP contribution < -0.4 is 0 Å². The Hall–Kier alpha value is -1.02. The van der Waals surface area contributed by atoms with Crippen molar-refractivity contribution in [2.24, 2.45) is 7.05 Å². The molecule has 0 aliphatic rings. The maximum atomic E-state index is 2.22. The highest BCUT2D eigenvalue weighted by Crippen LogP contribution is 2.24. The Labute approximate surface area is 75.9 Å². The molecule has 2 aromatic heterocycles. The number of fused-ring (bicyclic) bond motifs is 1. The molecule has 0 N–H and O–H groups in total. The SMILES string of the molecule is C/C=C/c1cc2sccc2n1C. The van der Waals surface area contributed by atoms with E-state index in [1.165, 1.54) is 15.9 Å². The second-order valence-corrected chi connectivity index (χ2v) is 3.75. The highest BCUT2D eigenvalue weighted by Gasteiger charge is 2.02. The first-order valence-electron chi connectivity index (χ1n) is 3.98. The minimum Gasteiger partial charge on any atom is -0.343 e. The average molecular weight is 177 g/mol. The van der Waals surface area contributed by atoms with Gasteiger partial charge in [0.2, 0.25) is 0 Å². The topological polar surface area (TPSA) is 4.93 Å². The molecule has 0 saturated heterocycles. The molecule has 0 fully saturated rings. The Balaban J connectivity index is 2.70. The molecule has 2 rings (SSSR count). The van der Waals surface area contributed by atoms with Crippen LogP contribution in [-0.4, -0.2) is 4.57 Å². The molecule has 2 heteroatoms. The van der Waals surface area contributed by atoms with Crippen molar-refractivity contribution in [3.8, 4) is 0 Å². The summed E-state index contributed by atoms with van der Waals surface area (Å²) in [4.78, 5) is 0. The van der Waals surface area contributed by atoms with E-state index in [-0.39, 0.29) is 0 Å². The van der Waals surface area contributed by atoms with Gasteiger partial charge in [-0.25, -0.2) is 0 Å². The third-order valence-corrected chi connectivity index (χ3v) is 2.89. The molecular weight excluding hydrogens is 166 g/mol. The summed E-state index contributed by atoms with van der Waals surface area (Å²) in [5, 5.41) is 2.13. The maximum absolute atomic E-state index is 2.22. The standard InChI is InChI=1S/C10H11NS/c1-3-4-8-7-10-9(11(8)2)5-6-12-10/h3-7H,1-2H3/b4-3+. The Morgan fingerprint density at radius 2 is 2.33 bits per heavy atom. The van der Waals surface area contributed by atoms with Crippen LogP contribution in [0.3, 0.4) is 0 Å². The fraction of sp³-hybridized carbons (Fsp3) is 0.200. The van der Waals surface area contributed by atoms with E-state index in [0.29, 0.717) is 0 Å². The van der Waals surface area contributed by atoms with E-state index in [1.54, 1.807) is 11.3 Å². The van der Waals surface area contributed by atoms with Gasteiger partial charge in [-0.1, -0.05) is 6.08 Å². The first kappa shape index (κ1) is 7.62. The van der Waals surface area contributed by atoms with Crippen LogP contribution in [0.25, 0.3) is 16.3 Å². The molecule has 12 heavy (non-hydrogen) atoms. The molecule has 1 nitrogen and oxygen atoms in total. The number of aryl methyl sites for hydroxylation is 1. The molecule has 0 atom stereocenters. The summed E-state index contributed by atoms with van der Waals surface area (Å²) in [6.45, 7) is 2.04. The van der Waals surface area contributed by atoms with E-state index < -0.39 is 0 Å². The van der Waals surface area contributed by atoms with Crippen LogP contribution in [0.2, 0.25) is 0 Å². The smallest absolute Gasteiger partial charge is 0.0591 e. The summed E-state index contributed by atoms with van der Waals surface area (Å²) >= 11 is 1.79. The Kier molecular flexibility index (Phi) is 1.77. The van der Waals surface area contributed by atoms with Gasteiger partial charge in [-0.2, -0.15) is 0 Å². The molecule has 0 spiro atoms. The molecule has 0 saturated carbocycles. The van der Waals surface area contributed by atoms with Crippen LogP contribution in [0.5, 0.6) is 0 Å². The predicted molar refractivity (Wildman–Crippen MR) is 55.5 cm³/mol. The van der Waals surface area contributed by atoms with Crippen LogP contribution in [0.15, 0.2) is 23.6 Å². The number of hydrogen-bond acceptors (Lipinski definition) is 1. The van der Waals surface area contributed by atoms with Crippen LogP contribution in [0, 0.1) is 0 Å². The summed E-state index contributed by atoms with van der Waals surface area (Å²) in [5.41, 5.74) is 2.60. The number of nitrogens with zero attached hydrogens (tertiary/aromatic N) is 1. The zero-order valence-electron chi connectivity index (χ0n) is 7.24. The van der Waals surface area contributed by atoms with Gasteiger partial charge in [-0.3, -0.25) is 0 Å². The minimum atomic E-state index is 1.28. The second kappa shape index (κ2) is 2.79. The largest absolute Gasteiger partial charge is 0.343 e. The van der Waals surface area contributed by atoms with Crippen molar-refractivity contribution in [2.45, 2.75) is 6.92 Å². The van der Waals surface area contributed by atoms with Gasteiger partial charge < -0.3 is 4.57 Å². The zero-order chi connectivity index (χ0) is 8.55. The van der Waals surface area contributed by atoms with Gasteiger partial charge >= 0.3 is 0 Å². The number of aromatic nitrogens is 1. The minimum absolute atomic E-state index is 1.28. The highest BCUT2D eigenvalue weighted by molar-refractivity contribution is 7.17. The van der Waals surface area contributed by atoms with Crippen LogP contribution >= 0.6 is 11.3 Å². The first-order valence-corrected chi connectivity index (χ1v) is 4.86. The molecule has 0 aliphatic carbocycles. The molecule has 0 unspecified atom stereocenters. The third-order valence-electron chi connectivity index (χ3n) is 2.04. The molecule has 2 aromatic rings. The Morgan fingerprint density at radius 1 is 1.50 bits per heavy atom. The van der Waals surface area contributed by atoms with E-state index in [4.69, 9.17) is 0 Å². The van der Waals surface area contributed by atoms with Crippen molar-refractivity contribution in [3.63, 3.8) is 0 Å². The van der Waals surface area contributed by atoms with Gasteiger partial charge in [0, 0.05) is 12.7 Å². The van der Waals surface area contributed by atoms with Crippen molar-refractivity contribution in [2.75, 3.05) is 0 Å². The third kappa shape index (κ3) is 0.994. The first-order chi connectivity index (χ1) is 5.83. The van der Waals surface area contributed by atoms with Crippen molar-refractivity contribution in [1.82, 2.24) is 4.57 Å². The Bertz CT molecular complexity index is 420. The molecule has 0 aliphatic heterocycles. The predicted octanol–water partition coefficient (Wildman–Crippen LogP) is 3.27. The van der Waals surface area contributed by atoms with Gasteiger partial charge in [0.25, 0.3) is 0 Å². The molecule has 2 heterocycles. The van der Waals surface area contributed by atoms with Gasteiger partial charge in [0.05, 0.1) is 10.2 Å². The van der Waals surface area contributed by atoms with E-state index in [2.05, 4.69) is 41.3 Å². The Morgan fingerprint density at radius 3 is 3.00 bits per heavy atom. The molecule has 0 bridgehead atoms. The van der Waals surface area contributed by atoms with Gasteiger partial charge in [-0.05, 0) is 30.5 Å². The second-order valence-electron chi connectivity index (χ2n) is 2.80. The fourth-order valence-electron chi connectivity index (χ4n) is 1.40. The number of allylic oxidation sites excluding steroid dienone is 1. The lowest BCUT2D eigenvalue weighted by molar-refractivity contribution is 0.955. The molecule has 0 radical (unpaired) electrons. The molecular formula is C10H11NS. The summed E-state index contributed by atoms with van der Waals surface area (Å²) in [7, 11) is 2.10. The van der Waals surface area contributed by atoms with Crippen LogP contribution in [0.1, 0.15) is 12.6 Å². The summed E-state index contributed by atoms with van der Waals surface area (Å²) in [5.74, 6) is 0. The van der Waals surface area contributed by atoms with Crippen molar-refractivity contribution < 1.29 is 0 Å². The lowest BCUT2D eigenvalue weighted by atomic mass is 10.4. The number of hydrogen-bond donors (Lipinski definition) is 0.